The summed E-state index contributed by atoms with van der Waals surface area (Å²) >= 11 is 0. The molecule has 0 unspecified atom stereocenters. The Balaban J connectivity index is 2.81. The molecule has 0 bridgehead atoms. The molecule has 5 nitrogen and oxygen atoms in total. The molecule has 0 saturated carbocycles. The van der Waals surface area contributed by atoms with E-state index in [0.29, 0.717) is 13.2 Å². The number of rotatable bonds is 4. The van der Waals surface area contributed by atoms with Gasteiger partial charge in [0.05, 0.1) is 25.6 Å². The lowest BCUT2D eigenvalue weighted by atomic mass is 10.0. The first-order valence-corrected chi connectivity index (χ1v) is 5.25. The summed E-state index contributed by atoms with van der Waals surface area (Å²) in [7, 11) is 1.34. The van der Waals surface area contributed by atoms with Crippen LogP contribution in [0.3, 0.4) is 0 Å². The first kappa shape index (κ1) is 12.5. The second-order valence-corrected chi connectivity index (χ2v) is 3.64. The number of carbonyl (C=O) groups excluding carboxylic acids is 2. The van der Waals surface area contributed by atoms with Gasteiger partial charge in [0.15, 0.2) is 0 Å². The van der Waals surface area contributed by atoms with Gasteiger partial charge in [-0.1, -0.05) is 12.2 Å². The molecule has 1 amide bonds. The molecule has 0 aromatic carbocycles. The summed E-state index contributed by atoms with van der Waals surface area (Å²) in [5.74, 6) is -0.727. The molecule has 0 aromatic rings. The van der Waals surface area contributed by atoms with E-state index in [1.165, 1.54) is 7.11 Å². The number of nitrogens with zero attached hydrogens (tertiary/aromatic N) is 1. The van der Waals surface area contributed by atoms with Crippen LogP contribution in [0, 0.1) is 5.92 Å². The lowest BCUT2D eigenvalue weighted by Crippen LogP contribution is -2.42. The zero-order valence-electron chi connectivity index (χ0n) is 9.80. The first-order chi connectivity index (χ1) is 7.61. The molecule has 1 heterocycles. The molecule has 16 heavy (non-hydrogen) atoms. The molecule has 0 radical (unpaired) electrons. The van der Waals surface area contributed by atoms with Gasteiger partial charge in [0.25, 0.3) is 0 Å². The summed E-state index contributed by atoms with van der Waals surface area (Å²) in [5.41, 5.74) is 0. The Bertz CT molecular complexity index is 300. The first-order valence-electron chi connectivity index (χ1n) is 5.25. The van der Waals surface area contributed by atoms with Crippen LogP contribution in [-0.4, -0.2) is 43.3 Å². The highest BCUT2D eigenvalue weighted by molar-refractivity contribution is 5.76. The molecule has 1 saturated heterocycles. The Morgan fingerprint density at radius 1 is 1.62 bits per heavy atom. The third-order valence-electron chi connectivity index (χ3n) is 2.63. The average Bonchev–Trinajstić information content (AvgIpc) is 2.70. The predicted octanol–water partition coefficient (Wildman–Crippen LogP) is 1.19. The van der Waals surface area contributed by atoms with Gasteiger partial charge >= 0.3 is 12.1 Å². The van der Waals surface area contributed by atoms with Crippen molar-refractivity contribution in [1.82, 2.24) is 4.90 Å². The Hall–Kier alpha value is -1.52. The fourth-order valence-corrected chi connectivity index (χ4v) is 1.74. The van der Waals surface area contributed by atoms with E-state index in [0.717, 1.165) is 0 Å². The van der Waals surface area contributed by atoms with Gasteiger partial charge in [0.1, 0.15) is 6.61 Å². The molecule has 1 rings (SSSR count). The molecule has 5 heteroatoms. The number of amides is 1. The van der Waals surface area contributed by atoms with Crippen molar-refractivity contribution in [3.63, 3.8) is 0 Å². The Morgan fingerprint density at radius 3 is 2.75 bits per heavy atom. The molecule has 2 atom stereocenters. The van der Waals surface area contributed by atoms with E-state index >= 15 is 0 Å². The highest BCUT2D eigenvalue weighted by Gasteiger charge is 2.34. The van der Waals surface area contributed by atoms with Crippen LogP contribution in [0.1, 0.15) is 13.8 Å². The molecule has 1 fully saturated rings. The Kier molecular flexibility index (Phi) is 4.34. The standard InChI is InChI=1S/C11H17NO4/c1-4-5-9(8(2)10(13)15-3)12-6-7-16-11(12)14/h4-5,8-9H,6-7H2,1-3H3/b5-4+/t8-,9-/m1/s1. The molecular weight excluding hydrogens is 210 g/mol. The number of esters is 1. The zero-order valence-corrected chi connectivity index (χ0v) is 9.80. The number of ether oxygens (including phenoxy) is 2. The number of cyclic esters (lactones) is 1. The van der Waals surface area contributed by atoms with Gasteiger partial charge < -0.3 is 9.47 Å². The predicted molar refractivity (Wildman–Crippen MR) is 57.8 cm³/mol. The van der Waals surface area contributed by atoms with Gasteiger partial charge in [-0.05, 0) is 13.8 Å². The van der Waals surface area contributed by atoms with Crippen molar-refractivity contribution < 1.29 is 19.1 Å². The number of hydrogen-bond acceptors (Lipinski definition) is 4. The Morgan fingerprint density at radius 2 is 2.31 bits per heavy atom. The fraction of sp³-hybridized carbons (Fsp3) is 0.636. The van der Waals surface area contributed by atoms with Crippen LogP contribution in [0.4, 0.5) is 4.79 Å². The molecule has 0 N–H and O–H groups in total. The second-order valence-electron chi connectivity index (χ2n) is 3.64. The maximum absolute atomic E-state index is 11.5. The maximum Gasteiger partial charge on any atom is 0.410 e. The van der Waals surface area contributed by atoms with Gasteiger partial charge in [-0.15, -0.1) is 0 Å². The highest BCUT2D eigenvalue weighted by atomic mass is 16.6. The molecule has 1 aliphatic rings. The zero-order chi connectivity index (χ0) is 12.1. The van der Waals surface area contributed by atoms with Crippen LogP contribution < -0.4 is 0 Å². The minimum absolute atomic E-state index is 0.299. The Labute approximate surface area is 95.0 Å². The molecule has 0 spiro atoms. The minimum atomic E-state index is -0.396. The smallest absolute Gasteiger partial charge is 0.410 e. The van der Waals surface area contributed by atoms with E-state index in [9.17, 15) is 9.59 Å². The normalized spacial score (nSPS) is 19.7. The summed E-state index contributed by atoms with van der Waals surface area (Å²) in [4.78, 5) is 24.4. The van der Waals surface area contributed by atoms with Crippen molar-refractivity contribution in [2.24, 2.45) is 5.92 Å². The highest BCUT2D eigenvalue weighted by Crippen LogP contribution is 2.18. The molecule has 0 aliphatic carbocycles. The maximum atomic E-state index is 11.5. The van der Waals surface area contributed by atoms with Gasteiger partial charge in [-0.2, -0.15) is 0 Å². The largest absolute Gasteiger partial charge is 0.469 e. The van der Waals surface area contributed by atoms with Crippen LogP contribution >= 0.6 is 0 Å². The van der Waals surface area contributed by atoms with Crippen molar-refractivity contribution in [1.29, 1.82) is 0 Å². The van der Waals surface area contributed by atoms with Crippen LogP contribution in [-0.2, 0) is 14.3 Å². The summed E-state index contributed by atoms with van der Waals surface area (Å²) in [5, 5.41) is 0. The third-order valence-corrected chi connectivity index (χ3v) is 2.63. The SMILES string of the molecule is C/C=C/[C@H]([C@@H](C)C(=O)OC)N1CCOC1=O. The number of hydrogen-bond donors (Lipinski definition) is 0. The lowest BCUT2D eigenvalue weighted by molar-refractivity contribution is -0.146. The molecule has 90 valence electrons. The van der Waals surface area contributed by atoms with E-state index in [-0.39, 0.29) is 18.1 Å². The number of carbonyl (C=O) groups is 2. The van der Waals surface area contributed by atoms with E-state index in [4.69, 9.17) is 4.74 Å². The van der Waals surface area contributed by atoms with E-state index in [2.05, 4.69) is 4.74 Å². The number of allylic oxidation sites excluding steroid dienone is 1. The lowest BCUT2D eigenvalue weighted by Gasteiger charge is -2.26. The minimum Gasteiger partial charge on any atom is -0.469 e. The van der Waals surface area contributed by atoms with Gasteiger partial charge in [-0.3, -0.25) is 9.69 Å². The molecule has 1 aliphatic heterocycles. The van der Waals surface area contributed by atoms with Crippen molar-refractivity contribution in [3.8, 4) is 0 Å². The van der Waals surface area contributed by atoms with Crippen molar-refractivity contribution in [3.05, 3.63) is 12.2 Å². The van der Waals surface area contributed by atoms with Crippen LogP contribution in [0.5, 0.6) is 0 Å². The van der Waals surface area contributed by atoms with E-state index < -0.39 is 5.92 Å². The third kappa shape index (κ3) is 2.53. The monoisotopic (exact) mass is 227 g/mol. The van der Waals surface area contributed by atoms with Gasteiger partial charge in [0.2, 0.25) is 0 Å². The van der Waals surface area contributed by atoms with Crippen molar-refractivity contribution in [2.45, 2.75) is 19.9 Å². The van der Waals surface area contributed by atoms with E-state index in [1.54, 1.807) is 11.8 Å². The van der Waals surface area contributed by atoms with Crippen LogP contribution in [0.25, 0.3) is 0 Å². The van der Waals surface area contributed by atoms with Crippen molar-refractivity contribution in [2.75, 3.05) is 20.3 Å². The van der Waals surface area contributed by atoms with Crippen LogP contribution in [0.15, 0.2) is 12.2 Å². The summed E-state index contributed by atoms with van der Waals surface area (Å²) in [6, 6.07) is -0.299. The topological polar surface area (TPSA) is 55.8 Å². The molecular formula is C11H17NO4. The fourth-order valence-electron chi connectivity index (χ4n) is 1.74. The quantitative estimate of drug-likeness (QED) is 0.534. The van der Waals surface area contributed by atoms with Gasteiger partial charge in [0, 0.05) is 0 Å². The average molecular weight is 227 g/mol. The number of methoxy groups -OCH3 is 1. The van der Waals surface area contributed by atoms with E-state index in [1.807, 2.05) is 19.1 Å². The van der Waals surface area contributed by atoms with Gasteiger partial charge in [-0.25, -0.2) is 4.79 Å². The molecule has 0 aromatic heterocycles. The van der Waals surface area contributed by atoms with Crippen molar-refractivity contribution >= 4 is 12.1 Å². The second kappa shape index (κ2) is 5.53. The van der Waals surface area contributed by atoms with Crippen LogP contribution in [0.2, 0.25) is 0 Å². The summed E-state index contributed by atoms with van der Waals surface area (Å²) in [6.45, 7) is 4.47. The summed E-state index contributed by atoms with van der Waals surface area (Å²) in [6.07, 6.45) is 3.25. The summed E-state index contributed by atoms with van der Waals surface area (Å²) < 4.78 is 9.54.